The zero-order valence-electron chi connectivity index (χ0n) is 7.80. The number of rotatable bonds is 2. The normalized spacial score (nSPS) is 24.9. The molecule has 1 saturated heterocycles. The molecule has 0 radical (unpaired) electrons. The molecule has 2 heterocycles. The third kappa shape index (κ3) is 2.10. The second-order valence-corrected chi connectivity index (χ2v) is 5.00. The molecule has 1 aromatic heterocycles. The first-order chi connectivity index (χ1) is 6.79. The molecule has 1 aliphatic rings. The summed E-state index contributed by atoms with van der Waals surface area (Å²) in [7, 11) is 0. The molecule has 1 N–H and O–H groups in total. The summed E-state index contributed by atoms with van der Waals surface area (Å²) >= 11 is 7.32. The van der Waals surface area contributed by atoms with Crippen LogP contribution in [0.4, 0.5) is 4.39 Å². The van der Waals surface area contributed by atoms with E-state index in [1.54, 1.807) is 6.07 Å². The highest BCUT2D eigenvalue weighted by molar-refractivity contribution is 7.10. The predicted octanol–water partition coefficient (Wildman–Crippen LogP) is 3.41. The Balaban J connectivity index is 2.07. The minimum absolute atomic E-state index is 0.0971. The van der Waals surface area contributed by atoms with E-state index >= 15 is 0 Å². The maximum atomic E-state index is 14.0. The molecule has 0 amide bonds. The zero-order valence-corrected chi connectivity index (χ0v) is 9.37. The van der Waals surface area contributed by atoms with E-state index in [2.05, 4.69) is 5.32 Å². The molecule has 2 atom stereocenters. The molecule has 1 fully saturated rings. The van der Waals surface area contributed by atoms with Crippen molar-refractivity contribution in [2.45, 2.75) is 19.0 Å². The van der Waals surface area contributed by atoms with E-state index in [4.69, 9.17) is 11.6 Å². The minimum Gasteiger partial charge on any atom is -0.316 e. The molecular formula is C10H13ClFNS. The average molecular weight is 234 g/mol. The minimum atomic E-state index is -0.893. The Labute approximate surface area is 92.3 Å². The van der Waals surface area contributed by atoms with E-state index in [0.717, 1.165) is 25.9 Å². The third-order valence-electron chi connectivity index (χ3n) is 2.64. The lowest BCUT2D eigenvalue weighted by molar-refractivity contribution is 0.198. The van der Waals surface area contributed by atoms with Gasteiger partial charge in [-0.1, -0.05) is 11.6 Å². The lowest BCUT2D eigenvalue weighted by atomic mass is 9.94. The summed E-state index contributed by atoms with van der Waals surface area (Å²) in [5, 5.41) is 5.64. The van der Waals surface area contributed by atoms with Gasteiger partial charge in [0.15, 0.2) is 0 Å². The molecular weight excluding hydrogens is 221 g/mol. The summed E-state index contributed by atoms with van der Waals surface area (Å²) in [5.74, 6) is 0.0971. The summed E-state index contributed by atoms with van der Waals surface area (Å²) in [6.07, 6.45) is 1.13. The van der Waals surface area contributed by atoms with Crippen LogP contribution in [-0.4, -0.2) is 13.1 Å². The van der Waals surface area contributed by atoms with Gasteiger partial charge in [0, 0.05) is 12.5 Å². The van der Waals surface area contributed by atoms with Crippen molar-refractivity contribution in [3.8, 4) is 0 Å². The molecule has 0 aromatic carbocycles. The number of alkyl halides is 1. The van der Waals surface area contributed by atoms with Crippen LogP contribution in [0.2, 0.25) is 5.02 Å². The first-order valence-corrected chi connectivity index (χ1v) is 6.12. The maximum absolute atomic E-state index is 14.0. The van der Waals surface area contributed by atoms with Gasteiger partial charge in [-0.3, -0.25) is 0 Å². The van der Waals surface area contributed by atoms with Crippen LogP contribution in [-0.2, 0) is 0 Å². The van der Waals surface area contributed by atoms with Crippen LogP contribution in [0.5, 0.6) is 0 Å². The Bertz CT molecular complexity index is 296. The van der Waals surface area contributed by atoms with Crippen molar-refractivity contribution < 1.29 is 4.39 Å². The van der Waals surface area contributed by atoms with Crippen LogP contribution in [0.15, 0.2) is 11.4 Å². The Morgan fingerprint density at radius 1 is 1.64 bits per heavy atom. The van der Waals surface area contributed by atoms with Gasteiger partial charge in [0.05, 0.1) is 9.90 Å². The standard InChI is InChI=1S/C10H13ClFNS/c11-8-3-5-14-10(8)9(12)7-2-1-4-13-6-7/h3,5,7,9,13H,1-2,4,6H2. The first-order valence-electron chi connectivity index (χ1n) is 4.86. The Kier molecular flexibility index (Phi) is 3.42. The van der Waals surface area contributed by atoms with Crippen LogP contribution in [0, 0.1) is 5.92 Å². The molecule has 1 aliphatic heterocycles. The number of nitrogens with one attached hydrogen (secondary N) is 1. The van der Waals surface area contributed by atoms with Gasteiger partial charge >= 0.3 is 0 Å². The molecule has 0 saturated carbocycles. The van der Waals surface area contributed by atoms with Gasteiger partial charge in [-0.15, -0.1) is 11.3 Å². The Morgan fingerprint density at radius 2 is 2.50 bits per heavy atom. The summed E-state index contributed by atoms with van der Waals surface area (Å²) < 4.78 is 14.0. The van der Waals surface area contributed by atoms with E-state index < -0.39 is 6.17 Å². The monoisotopic (exact) mass is 233 g/mol. The molecule has 0 spiro atoms. The van der Waals surface area contributed by atoms with Crippen LogP contribution < -0.4 is 5.32 Å². The van der Waals surface area contributed by atoms with E-state index in [1.807, 2.05) is 5.38 Å². The fourth-order valence-electron chi connectivity index (χ4n) is 1.84. The van der Waals surface area contributed by atoms with E-state index in [9.17, 15) is 4.39 Å². The van der Waals surface area contributed by atoms with E-state index in [1.165, 1.54) is 11.3 Å². The van der Waals surface area contributed by atoms with Gasteiger partial charge in [-0.05, 0) is 30.8 Å². The molecule has 78 valence electrons. The lowest BCUT2D eigenvalue weighted by Crippen LogP contribution is -2.32. The van der Waals surface area contributed by atoms with Crippen molar-refractivity contribution in [2.24, 2.45) is 5.92 Å². The predicted molar refractivity (Wildman–Crippen MR) is 58.8 cm³/mol. The van der Waals surface area contributed by atoms with Crippen molar-refractivity contribution in [3.63, 3.8) is 0 Å². The number of halogens is 2. The summed E-state index contributed by atoms with van der Waals surface area (Å²) in [5.41, 5.74) is 0. The van der Waals surface area contributed by atoms with Crippen molar-refractivity contribution >= 4 is 22.9 Å². The second-order valence-electron chi connectivity index (χ2n) is 3.64. The molecule has 0 aliphatic carbocycles. The third-order valence-corrected chi connectivity index (χ3v) is 4.06. The smallest absolute Gasteiger partial charge is 0.140 e. The second kappa shape index (κ2) is 4.60. The summed E-state index contributed by atoms with van der Waals surface area (Å²) in [6, 6.07) is 1.77. The molecule has 1 nitrogen and oxygen atoms in total. The fraction of sp³-hybridized carbons (Fsp3) is 0.600. The van der Waals surface area contributed by atoms with E-state index in [-0.39, 0.29) is 5.92 Å². The largest absolute Gasteiger partial charge is 0.316 e. The number of hydrogen-bond acceptors (Lipinski definition) is 2. The SMILES string of the molecule is FC(c1sccc1Cl)C1CCCNC1. The Hall–Kier alpha value is -0.120. The van der Waals surface area contributed by atoms with Crippen molar-refractivity contribution in [1.82, 2.24) is 5.32 Å². The van der Waals surface area contributed by atoms with Crippen molar-refractivity contribution in [2.75, 3.05) is 13.1 Å². The average Bonchev–Trinajstić information content (AvgIpc) is 2.65. The summed E-state index contributed by atoms with van der Waals surface area (Å²) in [6.45, 7) is 1.79. The maximum Gasteiger partial charge on any atom is 0.140 e. The molecule has 2 unspecified atom stereocenters. The molecule has 0 bridgehead atoms. The number of piperidine rings is 1. The van der Waals surface area contributed by atoms with Gasteiger partial charge in [-0.2, -0.15) is 0 Å². The topological polar surface area (TPSA) is 12.0 Å². The fourth-order valence-corrected chi connectivity index (χ4v) is 3.07. The molecule has 1 aromatic rings. The van der Waals surface area contributed by atoms with Crippen molar-refractivity contribution in [3.05, 3.63) is 21.3 Å². The number of hydrogen-bond donors (Lipinski definition) is 1. The van der Waals surface area contributed by atoms with Crippen LogP contribution in [0.1, 0.15) is 23.9 Å². The van der Waals surface area contributed by atoms with Crippen molar-refractivity contribution in [1.29, 1.82) is 0 Å². The lowest BCUT2D eigenvalue weighted by Gasteiger charge is -2.25. The van der Waals surface area contributed by atoms with Gasteiger partial charge in [0.2, 0.25) is 0 Å². The van der Waals surface area contributed by atoms with Gasteiger partial charge in [0.1, 0.15) is 6.17 Å². The highest BCUT2D eigenvalue weighted by Crippen LogP contribution is 2.37. The molecule has 14 heavy (non-hydrogen) atoms. The zero-order chi connectivity index (χ0) is 9.97. The van der Waals surface area contributed by atoms with Crippen LogP contribution >= 0.6 is 22.9 Å². The van der Waals surface area contributed by atoms with Gasteiger partial charge in [0.25, 0.3) is 0 Å². The Morgan fingerprint density at radius 3 is 3.07 bits per heavy atom. The molecule has 2 rings (SSSR count). The highest BCUT2D eigenvalue weighted by atomic mass is 35.5. The highest BCUT2D eigenvalue weighted by Gasteiger charge is 2.26. The van der Waals surface area contributed by atoms with Crippen LogP contribution in [0.25, 0.3) is 0 Å². The van der Waals surface area contributed by atoms with Gasteiger partial charge < -0.3 is 5.32 Å². The quantitative estimate of drug-likeness (QED) is 0.826. The summed E-state index contributed by atoms with van der Waals surface area (Å²) in [4.78, 5) is 0.695. The number of thiophene rings is 1. The first kappa shape index (κ1) is 10.4. The van der Waals surface area contributed by atoms with E-state index in [0.29, 0.717) is 9.90 Å². The van der Waals surface area contributed by atoms with Gasteiger partial charge in [-0.25, -0.2) is 4.39 Å². The molecule has 4 heteroatoms. The van der Waals surface area contributed by atoms with Crippen LogP contribution in [0.3, 0.4) is 0 Å².